The molecule has 3 aromatic heterocycles. The molecule has 0 amide bonds. The average Bonchev–Trinajstić information content (AvgIpc) is 3.35. The molecule has 0 spiro atoms. The Balaban J connectivity index is 1.61. The molecule has 0 unspecified atom stereocenters. The normalized spacial score (nSPS) is 14.3. The van der Waals surface area contributed by atoms with Gasteiger partial charge in [0.2, 0.25) is 5.95 Å². The Kier molecular flexibility index (Phi) is 2.81. The number of rotatable bonds is 3. The average molecular weight is 321 g/mol. The second-order valence-corrected chi connectivity index (χ2v) is 5.74. The van der Waals surface area contributed by atoms with Crippen LogP contribution in [0.5, 0.6) is 0 Å². The molecule has 0 fully saturated rings. The SMILES string of the molecule is c1coc(CN2CN(n3cnnc3)Cn3c2nc2ccccc23)c1. The number of hydrogen-bond donors (Lipinski definition) is 0. The van der Waals surface area contributed by atoms with E-state index in [2.05, 4.69) is 30.7 Å². The molecule has 5 rings (SSSR count). The quantitative estimate of drug-likeness (QED) is 0.573. The van der Waals surface area contributed by atoms with Gasteiger partial charge in [0.15, 0.2) is 0 Å². The van der Waals surface area contributed by atoms with Crippen LogP contribution in [0, 0.1) is 0 Å². The first-order valence-corrected chi connectivity index (χ1v) is 7.71. The molecule has 8 heteroatoms. The Morgan fingerprint density at radius 2 is 1.88 bits per heavy atom. The van der Waals surface area contributed by atoms with Crippen molar-refractivity contribution in [3.8, 4) is 0 Å². The number of imidazole rings is 1. The predicted octanol–water partition coefficient (Wildman–Crippen LogP) is 1.79. The summed E-state index contributed by atoms with van der Waals surface area (Å²) in [5.41, 5.74) is 2.09. The van der Waals surface area contributed by atoms with Gasteiger partial charge in [-0.1, -0.05) is 12.1 Å². The monoisotopic (exact) mass is 321 g/mol. The molecule has 0 radical (unpaired) electrons. The third kappa shape index (κ3) is 2.03. The maximum atomic E-state index is 5.52. The van der Waals surface area contributed by atoms with Gasteiger partial charge in [0, 0.05) is 0 Å². The van der Waals surface area contributed by atoms with Crippen LogP contribution in [0.1, 0.15) is 5.76 Å². The van der Waals surface area contributed by atoms with Gasteiger partial charge < -0.3 is 9.32 Å². The molecule has 0 aliphatic carbocycles. The van der Waals surface area contributed by atoms with E-state index in [4.69, 9.17) is 9.40 Å². The molecule has 1 aromatic carbocycles. The van der Waals surface area contributed by atoms with Crippen LogP contribution in [0.15, 0.2) is 59.7 Å². The van der Waals surface area contributed by atoms with E-state index in [-0.39, 0.29) is 0 Å². The van der Waals surface area contributed by atoms with E-state index in [9.17, 15) is 0 Å². The summed E-state index contributed by atoms with van der Waals surface area (Å²) in [7, 11) is 0. The molecule has 1 aliphatic rings. The molecular weight excluding hydrogens is 306 g/mol. The zero-order chi connectivity index (χ0) is 15.9. The predicted molar refractivity (Wildman–Crippen MR) is 87.7 cm³/mol. The van der Waals surface area contributed by atoms with Gasteiger partial charge in [-0.15, -0.1) is 10.2 Å². The molecule has 0 atom stereocenters. The summed E-state index contributed by atoms with van der Waals surface area (Å²) >= 11 is 0. The highest BCUT2D eigenvalue weighted by atomic mass is 16.3. The maximum absolute atomic E-state index is 5.52. The van der Waals surface area contributed by atoms with Crippen LogP contribution >= 0.6 is 0 Å². The third-order valence-corrected chi connectivity index (χ3v) is 4.22. The van der Waals surface area contributed by atoms with Gasteiger partial charge in [-0.25, -0.2) is 9.66 Å². The van der Waals surface area contributed by atoms with Crippen LogP contribution in [0.2, 0.25) is 0 Å². The summed E-state index contributed by atoms with van der Waals surface area (Å²) in [5, 5.41) is 9.97. The minimum atomic E-state index is 0.648. The lowest BCUT2D eigenvalue weighted by molar-refractivity contribution is 0.434. The highest BCUT2D eigenvalue weighted by molar-refractivity contribution is 5.79. The highest BCUT2D eigenvalue weighted by Crippen LogP contribution is 2.27. The smallest absolute Gasteiger partial charge is 0.210 e. The van der Waals surface area contributed by atoms with E-state index >= 15 is 0 Å². The summed E-state index contributed by atoms with van der Waals surface area (Å²) < 4.78 is 9.61. The van der Waals surface area contributed by atoms with E-state index in [1.54, 1.807) is 18.9 Å². The molecule has 0 bridgehead atoms. The lowest BCUT2D eigenvalue weighted by atomic mass is 10.3. The summed E-state index contributed by atoms with van der Waals surface area (Å²) in [4.78, 5) is 6.99. The van der Waals surface area contributed by atoms with Crippen molar-refractivity contribution >= 4 is 17.0 Å². The van der Waals surface area contributed by atoms with Crippen LogP contribution < -0.4 is 9.91 Å². The first-order valence-electron chi connectivity index (χ1n) is 7.71. The van der Waals surface area contributed by atoms with E-state index < -0.39 is 0 Å². The molecule has 0 N–H and O–H groups in total. The van der Waals surface area contributed by atoms with Crippen molar-refractivity contribution < 1.29 is 4.42 Å². The largest absolute Gasteiger partial charge is 0.467 e. The first-order chi connectivity index (χ1) is 11.9. The van der Waals surface area contributed by atoms with Crippen LogP contribution in [-0.2, 0) is 13.2 Å². The fourth-order valence-electron chi connectivity index (χ4n) is 3.11. The topological polar surface area (TPSA) is 68.2 Å². The van der Waals surface area contributed by atoms with Crippen LogP contribution in [0.25, 0.3) is 11.0 Å². The van der Waals surface area contributed by atoms with E-state index in [0.29, 0.717) is 19.9 Å². The number of aromatic nitrogens is 5. The number of para-hydroxylation sites is 2. The Morgan fingerprint density at radius 3 is 2.71 bits per heavy atom. The van der Waals surface area contributed by atoms with Crippen molar-refractivity contribution in [3.63, 3.8) is 0 Å². The van der Waals surface area contributed by atoms with Crippen molar-refractivity contribution in [1.82, 2.24) is 24.4 Å². The van der Waals surface area contributed by atoms with Gasteiger partial charge in [0.25, 0.3) is 0 Å². The van der Waals surface area contributed by atoms with Crippen molar-refractivity contribution in [2.75, 3.05) is 16.6 Å². The van der Waals surface area contributed by atoms with Gasteiger partial charge >= 0.3 is 0 Å². The van der Waals surface area contributed by atoms with Crippen LogP contribution in [-0.4, -0.2) is 31.1 Å². The molecule has 4 aromatic rings. The number of furan rings is 1. The third-order valence-electron chi connectivity index (χ3n) is 4.22. The summed E-state index contributed by atoms with van der Waals surface area (Å²) in [5.74, 6) is 1.84. The minimum Gasteiger partial charge on any atom is -0.467 e. The van der Waals surface area contributed by atoms with Gasteiger partial charge in [-0.05, 0) is 24.3 Å². The Labute approximate surface area is 137 Å². The number of benzene rings is 1. The summed E-state index contributed by atoms with van der Waals surface area (Å²) in [6.07, 6.45) is 5.10. The Hall–Kier alpha value is -3.29. The molecule has 120 valence electrons. The van der Waals surface area contributed by atoms with E-state index in [1.165, 1.54) is 0 Å². The van der Waals surface area contributed by atoms with Crippen molar-refractivity contribution in [2.24, 2.45) is 0 Å². The minimum absolute atomic E-state index is 0.648. The molecule has 24 heavy (non-hydrogen) atoms. The molecule has 8 nitrogen and oxygen atoms in total. The van der Waals surface area contributed by atoms with Gasteiger partial charge in [0.1, 0.15) is 31.8 Å². The Bertz CT molecular complexity index is 958. The van der Waals surface area contributed by atoms with E-state index in [0.717, 1.165) is 22.7 Å². The number of hydrogen-bond acceptors (Lipinski definition) is 6. The maximum Gasteiger partial charge on any atom is 0.210 e. The molecule has 4 heterocycles. The lowest BCUT2D eigenvalue weighted by Gasteiger charge is -2.37. The zero-order valence-corrected chi connectivity index (χ0v) is 12.9. The molecular formula is C16H15N7O. The fraction of sp³-hybridized carbons (Fsp3) is 0.188. The zero-order valence-electron chi connectivity index (χ0n) is 12.9. The van der Waals surface area contributed by atoms with E-state index in [1.807, 2.05) is 35.0 Å². The second-order valence-electron chi connectivity index (χ2n) is 5.74. The van der Waals surface area contributed by atoms with Crippen LogP contribution in [0.3, 0.4) is 0 Å². The number of anilines is 1. The summed E-state index contributed by atoms with van der Waals surface area (Å²) in [6.45, 7) is 2.00. The van der Waals surface area contributed by atoms with Crippen molar-refractivity contribution in [1.29, 1.82) is 0 Å². The summed E-state index contributed by atoms with van der Waals surface area (Å²) in [6, 6.07) is 12.0. The first kappa shape index (κ1) is 13.2. The fourth-order valence-corrected chi connectivity index (χ4v) is 3.11. The van der Waals surface area contributed by atoms with Crippen molar-refractivity contribution in [3.05, 3.63) is 61.1 Å². The second kappa shape index (κ2) is 5.12. The number of nitrogens with zero attached hydrogens (tertiary/aromatic N) is 7. The highest BCUT2D eigenvalue weighted by Gasteiger charge is 2.26. The molecule has 0 saturated carbocycles. The number of fused-ring (bicyclic) bond motifs is 3. The van der Waals surface area contributed by atoms with Gasteiger partial charge in [-0.3, -0.25) is 9.58 Å². The Morgan fingerprint density at radius 1 is 1.00 bits per heavy atom. The standard InChI is InChI=1S/C16H15N7O/c1-2-6-15-14(5-1)19-16-20(8-13-4-3-7-24-13)11-22(12-23(15)16)21-9-17-18-10-21/h1-7,9-10H,8,11-12H2. The lowest BCUT2D eigenvalue weighted by Crippen LogP contribution is -2.49. The van der Waals surface area contributed by atoms with Crippen LogP contribution in [0.4, 0.5) is 5.95 Å². The molecule has 0 saturated heterocycles. The van der Waals surface area contributed by atoms with Gasteiger partial charge in [0.05, 0.1) is 23.8 Å². The molecule has 1 aliphatic heterocycles. The van der Waals surface area contributed by atoms with Crippen molar-refractivity contribution in [2.45, 2.75) is 13.2 Å². The van der Waals surface area contributed by atoms with Gasteiger partial charge in [-0.2, -0.15) is 0 Å².